The summed E-state index contributed by atoms with van der Waals surface area (Å²) in [4.78, 5) is 13.7. The number of carbonyl (C=O) groups excluding carboxylic acids is 1. The quantitative estimate of drug-likeness (QED) is 0.109. The Bertz CT molecular complexity index is 1560. The van der Waals surface area contributed by atoms with Crippen LogP contribution in [0.15, 0.2) is 84.9 Å². The van der Waals surface area contributed by atoms with Crippen LogP contribution in [-0.4, -0.2) is 52.3 Å². The molecule has 0 bridgehead atoms. The first-order valence-corrected chi connectivity index (χ1v) is 19.2. The molecule has 0 fully saturated rings. The summed E-state index contributed by atoms with van der Waals surface area (Å²) in [6.45, 7) is 16.1. The highest BCUT2D eigenvalue weighted by Crippen LogP contribution is 2.55. The number of halogens is 1. The Morgan fingerprint density at radius 2 is 1.50 bits per heavy atom. The molecule has 48 heavy (non-hydrogen) atoms. The van der Waals surface area contributed by atoms with Crippen molar-refractivity contribution in [2.45, 2.75) is 84.6 Å². The van der Waals surface area contributed by atoms with E-state index < -0.39 is 10.3 Å². The van der Waals surface area contributed by atoms with Gasteiger partial charge in [-0.2, -0.15) is 0 Å². The highest BCUT2D eigenvalue weighted by Gasteiger charge is 2.31. The van der Waals surface area contributed by atoms with E-state index in [0.29, 0.717) is 18.7 Å². The van der Waals surface area contributed by atoms with Gasteiger partial charge >= 0.3 is 0 Å². The van der Waals surface area contributed by atoms with E-state index in [1.54, 1.807) is 12.1 Å². The van der Waals surface area contributed by atoms with Gasteiger partial charge in [0.15, 0.2) is 0 Å². The Morgan fingerprint density at radius 3 is 2.00 bits per heavy atom. The standard InChI is InChI=1S/C28H27FN2O.C12H28O3S/c1-4-31-26(19(2)3)25(28(32)30-23-13-9-6-10-14-23)24(20-11-7-5-8-12-20)27(31)21-15-17-22(29)18-16-21;1-7-11(8-9-14-10-13)15-16(5,6)12(2,3)4/h5-19H,4H2,1-3H3,(H,30,32);11,13H,7-10H2,1-6H3/t;11-/m.0/s1. The summed E-state index contributed by atoms with van der Waals surface area (Å²) >= 11 is 0. The van der Waals surface area contributed by atoms with Crippen LogP contribution in [-0.2, 0) is 15.5 Å². The van der Waals surface area contributed by atoms with E-state index in [4.69, 9.17) is 14.0 Å². The van der Waals surface area contributed by atoms with Gasteiger partial charge in [0, 0.05) is 28.2 Å². The van der Waals surface area contributed by atoms with E-state index in [9.17, 15) is 9.18 Å². The number of aliphatic hydroxyl groups is 1. The molecule has 0 radical (unpaired) electrons. The topological polar surface area (TPSA) is 72.7 Å². The van der Waals surface area contributed by atoms with Crippen LogP contribution in [0.4, 0.5) is 10.1 Å². The second-order valence-electron chi connectivity index (χ2n) is 13.4. The molecule has 0 aliphatic carbocycles. The number of anilines is 1. The number of hydrogen-bond acceptors (Lipinski definition) is 4. The molecule has 0 aliphatic rings. The van der Waals surface area contributed by atoms with Crippen LogP contribution < -0.4 is 5.32 Å². The minimum absolute atomic E-state index is 0.114. The van der Waals surface area contributed by atoms with Crippen LogP contribution in [0.3, 0.4) is 0 Å². The second kappa shape index (κ2) is 17.8. The van der Waals surface area contributed by atoms with E-state index >= 15 is 0 Å². The first-order valence-electron chi connectivity index (χ1n) is 16.8. The predicted molar refractivity (Wildman–Crippen MR) is 201 cm³/mol. The SMILES string of the molecule is CC[C@@H](CCOCO)OS(C)(C)C(C)(C)C.CCn1c(-c2ccc(F)cc2)c(-c2ccccc2)c(C(=O)Nc2ccccc2)c1C(C)C. The first-order chi connectivity index (χ1) is 22.7. The van der Waals surface area contributed by atoms with Gasteiger partial charge in [0.05, 0.1) is 24.0 Å². The van der Waals surface area contributed by atoms with Crippen molar-refractivity contribution in [3.63, 3.8) is 0 Å². The number of rotatable bonds is 13. The average molecular weight is 679 g/mol. The van der Waals surface area contributed by atoms with Crippen LogP contribution in [0.25, 0.3) is 22.4 Å². The molecular weight excluding hydrogens is 624 g/mol. The summed E-state index contributed by atoms with van der Waals surface area (Å²) in [5.74, 6) is -0.312. The highest BCUT2D eigenvalue weighted by atomic mass is 32.3. The van der Waals surface area contributed by atoms with Crippen molar-refractivity contribution in [3.8, 4) is 22.4 Å². The number of aliphatic hydroxyl groups excluding tert-OH is 1. The fourth-order valence-electron chi connectivity index (χ4n) is 5.39. The van der Waals surface area contributed by atoms with Crippen LogP contribution >= 0.6 is 10.3 Å². The predicted octanol–water partition coefficient (Wildman–Crippen LogP) is 10.3. The summed E-state index contributed by atoms with van der Waals surface area (Å²) in [5, 5.41) is 11.6. The number of nitrogens with zero attached hydrogens (tertiary/aromatic N) is 1. The van der Waals surface area contributed by atoms with Crippen molar-refractivity contribution in [1.82, 2.24) is 4.57 Å². The molecule has 4 rings (SSSR count). The van der Waals surface area contributed by atoms with Gasteiger partial charge in [-0.1, -0.05) is 90.1 Å². The first kappa shape index (κ1) is 39.0. The van der Waals surface area contributed by atoms with Crippen LogP contribution in [0.1, 0.15) is 83.3 Å². The van der Waals surface area contributed by atoms with Gasteiger partial charge in [-0.05, 0) is 85.7 Å². The van der Waals surface area contributed by atoms with Crippen molar-refractivity contribution >= 4 is 21.9 Å². The number of ether oxygens (including phenoxy) is 1. The molecule has 4 aromatic rings. The molecule has 0 spiro atoms. The molecule has 3 aromatic carbocycles. The van der Waals surface area contributed by atoms with Crippen LogP contribution in [0, 0.1) is 5.82 Å². The summed E-state index contributed by atoms with van der Waals surface area (Å²) in [5.41, 5.74) is 6.03. The maximum absolute atomic E-state index is 13.7. The normalized spacial score (nSPS) is 12.8. The zero-order chi connectivity index (χ0) is 35.5. The largest absolute Gasteiger partial charge is 0.371 e. The van der Waals surface area contributed by atoms with E-state index in [2.05, 4.69) is 70.9 Å². The van der Waals surface area contributed by atoms with Crippen molar-refractivity contribution < 1.29 is 23.2 Å². The average Bonchev–Trinajstić information content (AvgIpc) is 3.41. The molecule has 0 saturated carbocycles. The lowest BCUT2D eigenvalue weighted by Gasteiger charge is -2.46. The lowest BCUT2D eigenvalue weighted by molar-refractivity contribution is -0.0115. The number of carbonyl (C=O) groups is 1. The van der Waals surface area contributed by atoms with Gasteiger partial charge in [-0.25, -0.2) is 4.39 Å². The number of aromatic nitrogens is 1. The monoisotopic (exact) mass is 678 g/mol. The Balaban J connectivity index is 0.000000332. The highest BCUT2D eigenvalue weighted by molar-refractivity contribution is 8.29. The summed E-state index contributed by atoms with van der Waals surface area (Å²) in [7, 11) is -1.06. The fourth-order valence-corrected chi connectivity index (χ4v) is 6.59. The molecule has 8 heteroatoms. The third kappa shape index (κ3) is 10.0. The molecule has 0 saturated heterocycles. The van der Waals surface area contributed by atoms with Gasteiger partial charge in [0.1, 0.15) is 12.6 Å². The fraction of sp³-hybridized carbons (Fsp3) is 0.425. The van der Waals surface area contributed by atoms with Crippen LogP contribution in [0.2, 0.25) is 0 Å². The van der Waals surface area contributed by atoms with Gasteiger partial charge in [0.25, 0.3) is 5.91 Å². The molecule has 262 valence electrons. The summed E-state index contributed by atoms with van der Waals surface area (Å²) < 4.78 is 27.3. The van der Waals surface area contributed by atoms with Gasteiger partial charge in [-0.3, -0.25) is 4.79 Å². The molecule has 0 unspecified atom stereocenters. The molecule has 0 aliphatic heterocycles. The van der Waals surface area contributed by atoms with Crippen molar-refractivity contribution in [2.24, 2.45) is 0 Å². The van der Waals surface area contributed by atoms with Crippen molar-refractivity contribution in [3.05, 3.63) is 102 Å². The number of para-hydroxylation sites is 1. The lowest BCUT2D eigenvalue weighted by Crippen LogP contribution is -2.29. The lowest BCUT2D eigenvalue weighted by atomic mass is 9.94. The zero-order valence-electron chi connectivity index (χ0n) is 30.2. The van der Waals surface area contributed by atoms with Crippen LogP contribution in [0.5, 0.6) is 0 Å². The maximum atomic E-state index is 13.7. The van der Waals surface area contributed by atoms with Gasteiger partial charge in [0.2, 0.25) is 0 Å². The van der Waals surface area contributed by atoms with E-state index in [0.717, 1.165) is 46.6 Å². The summed E-state index contributed by atoms with van der Waals surface area (Å²) in [6, 6.07) is 25.9. The number of hydrogen-bond donors (Lipinski definition) is 2. The second-order valence-corrected chi connectivity index (χ2v) is 17.3. The Kier molecular flexibility index (Phi) is 14.5. The molecule has 1 aromatic heterocycles. The Hall–Kier alpha value is -3.43. The number of amides is 1. The zero-order valence-corrected chi connectivity index (χ0v) is 31.0. The van der Waals surface area contributed by atoms with E-state index in [-0.39, 0.29) is 35.3 Å². The summed E-state index contributed by atoms with van der Waals surface area (Å²) in [6.07, 6.45) is 6.49. The van der Waals surface area contributed by atoms with Gasteiger partial charge in [-0.15, -0.1) is 10.3 Å². The molecule has 6 nitrogen and oxygen atoms in total. The number of benzene rings is 3. The van der Waals surface area contributed by atoms with Crippen molar-refractivity contribution in [2.75, 3.05) is 31.2 Å². The maximum Gasteiger partial charge on any atom is 0.258 e. The number of nitrogens with one attached hydrogen (secondary N) is 1. The molecule has 1 heterocycles. The molecule has 2 N–H and O–H groups in total. The molecule has 1 atom stereocenters. The Morgan fingerprint density at radius 1 is 0.917 bits per heavy atom. The third-order valence-corrected chi connectivity index (χ3v) is 12.3. The van der Waals surface area contributed by atoms with Crippen molar-refractivity contribution in [1.29, 1.82) is 0 Å². The molecule has 1 amide bonds. The molecular formula is C40H55FN2O4S. The third-order valence-electron chi connectivity index (χ3n) is 8.59. The minimum Gasteiger partial charge on any atom is -0.371 e. The Labute approximate surface area is 289 Å². The smallest absolute Gasteiger partial charge is 0.258 e. The van der Waals surface area contributed by atoms with E-state index in [1.807, 2.05) is 60.7 Å². The van der Waals surface area contributed by atoms with E-state index in [1.165, 1.54) is 12.1 Å². The minimum atomic E-state index is -1.06. The van der Waals surface area contributed by atoms with Gasteiger partial charge < -0.3 is 23.9 Å².